The lowest BCUT2D eigenvalue weighted by molar-refractivity contribution is -0.167. The molecule has 0 rings (SSSR count). The second kappa shape index (κ2) is 69.1. The fourth-order valence-electron chi connectivity index (χ4n) is 10.2. The summed E-state index contributed by atoms with van der Waals surface area (Å²) in [6, 6.07) is 0. The minimum atomic E-state index is -0.777. The molecule has 0 saturated heterocycles. The van der Waals surface area contributed by atoms with E-state index in [1.807, 2.05) is 0 Å². The Morgan fingerprint density at radius 3 is 0.765 bits per heavy atom. The van der Waals surface area contributed by atoms with Crippen LogP contribution in [0.1, 0.15) is 355 Å². The van der Waals surface area contributed by atoms with Crippen LogP contribution in [0.15, 0.2) is 85.1 Å². The highest BCUT2D eigenvalue weighted by atomic mass is 16.6. The van der Waals surface area contributed by atoms with Crippen LogP contribution in [-0.2, 0) is 28.6 Å². The minimum absolute atomic E-state index is 0.0738. The van der Waals surface area contributed by atoms with Crippen molar-refractivity contribution in [2.45, 2.75) is 361 Å². The van der Waals surface area contributed by atoms with Crippen LogP contribution in [0.5, 0.6) is 0 Å². The number of rotatable bonds is 64. The molecule has 0 spiro atoms. The Morgan fingerprint density at radius 1 is 0.259 bits per heavy atom. The minimum Gasteiger partial charge on any atom is -0.462 e. The Labute approximate surface area is 503 Å². The van der Waals surface area contributed by atoms with Gasteiger partial charge in [-0.25, -0.2) is 0 Å². The number of esters is 3. The third-order valence-electron chi connectivity index (χ3n) is 15.4. The third kappa shape index (κ3) is 67.3. The zero-order valence-electron chi connectivity index (χ0n) is 53.8. The van der Waals surface area contributed by atoms with E-state index in [4.69, 9.17) is 14.2 Å². The maximum absolute atomic E-state index is 12.9. The molecule has 6 heteroatoms. The number of hydrogen-bond donors (Lipinski definition) is 0. The van der Waals surface area contributed by atoms with Crippen LogP contribution in [-0.4, -0.2) is 37.2 Å². The van der Waals surface area contributed by atoms with Gasteiger partial charge in [-0.15, -0.1) is 0 Å². The quantitative estimate of drug-likeness (QED) is 0.0261. The summed E-state index contributed by atoms with van der Waals surface area (Å²) in [5, 5.41) is 0. The summed E-state index contributed by atoms with van der Waals surface area (Å²) in [5.41, 5.74) is 0. The number of ether oxygens (including phenoxy) is 3. The van der Waals surface area contributed by atoms with E-state index in [9.17, 15) is 14.4 Å². The highest BCUT2D eigenvalue weighted by molar-refractivity contribution is 5.71. The van der Waals surface area contributed by atoms with Crippen LogP contribution in [0.3, 0.4) is 0 Å². The van der Waals surface area contributed by atoms with E-state index in [1.54, 1.807) is 0 Å². The van der Waals surface area contributed by atoms with Crippen LogP contribution in [0, 0.1) is 0 Å². The molecule has 0 saturated carbocycles. The average Bonchev–Trinajstić information content (AvgIpc) is 3.47. The molecule has 6 nitrogen and oxygen atoms in total. The molecule has 0 aliphatic carbocycles. The molecule has 0 heterocycles. The van der Waals surface area contributed by atoms with Crippen LogP contribution in [0.2, 0.25) is 0 Å². The van der Waals surface area contributed by atoms with Crippen molar-refractivity contribution in [3.8, 4) is 0 Å². The Balaban J connectivity index is 4.08. The van der Waals surface area contributed by atoms with Gasteiger partial charge in [0.1, 0.15) is 13.2 Å². The molecular weight excluding hydrogens is 997 g/mol. The van der Waals surface area contributed by atoms with Gasteiger partial charge in [-0.1, -0.05) is 324 Å². The Hall–Kier alpha value is -3.41. The maximum atomic E-state index is 12.9. The molecule has 0 aromatic carbocycles. The fraction of sp³-hybridized carbons (Fsp3) is 0.773. The number of unbranched alkanes of at least 4 members (excludes halogenated alkanes) is 39. The van der Waals surface area contributed by atoms with E-state index in [1.165, 1.54) is 212 Å². The standard InChI is InChI=1S/C75H132O6/c1-4-7-10-13-16-19-22-24-26-28-30-31-32-33-34-35-36-37-38-39-40-41-42-43-44-45-46-48-49-51-53-56-59-62-65-68-74(77)80-71-72(70-79-73(76)67-64-61-58-55-21-18-15-12-9-6-3)81-75(78)69-66-63-60-57-54-52-50-47-29-27-25-23-20-17-14-11-8-5-2/h7,10,16,19-20,23-24,26-27,29-31,33-34,72H,4-6,8-9,11-15,17-18,21-22,25,28,32,35-71H2,1-3H3/b10-7-,19-16-,23-20-,26-24-,29-27-,31-30-,34-33-. The summed E-state index contributed by atoms with van der Waals surface area (Å²) < 4.78 is 16.9. The largest absolute Gasteiger partial charge is 0.462 e. The Bertz CT molecular complexity index is 1530. The van der Waals surface area contributed by atoms with Gasteiger partial charge in [-0.05, 0) is 96.3 Å². The van der Waals surface area contributed by atoms with Crippen LogP contribution in [0.4, 0.5) is 0 Å². The second-order valence-corrected chi connectivity index (χ2v) is 23.4. The molecule has 0 amide bonds. The zero-order valence-corrected chi connectivity index (χ0v) is 53.8. The molecule has 468 valence electrons. The van der Waals surface area contributed by atoms with Crippen LogP contribution >= 0.6 is 0 Å². The molecule has 0 aromatic heterocycles. The molecule has 0 fully saturated rings. The highest BCUT2D eigenvalue weighted by Crippen LogP contribution is 2.18. The predicted octanol–water partition coefficient (Wildman–Crippen LogP) is 24.2. The summed E-state index contributed by atoms with van der Waals surface area (Å²) >= 11 is 0. The molecule has 1 atom stereocenters. The number of carbonyl (C=O) groups excluding carboxylic acids is 3. The first-order valence-electron chi connectivity index (χ1n) is 35.1. The SMILES string of the molecule is CC/C=C\C/C=C\C/C=C\C/C=C\C/C=C\CCCCCCCCCCCCCCCCCCCCCC(=O)OCC(COC(=O)CCCCCCCCCCCC)OC(=O)CCCCCCCCC/C=C\C/C=C\CCCCCC. The summed E-state index contributed by atoms with van der Waals surface area (Å²) in [6.07, 6.45) is 92.0. The van der Waals surface area contributed by atoms with Crippen molar-refractivity contribution in [2.75, 3.05) is 13.2 Å². The molecule has 0 radical (unpaired) electrons. The van der Waals surface area contributed by atoms with Crippen molar-refractivity contribution < 1.29 is 28.6 Å². The first-order chi connectivity index (χ1) is 40.0. The lowest BCUT2D eigenvalue weighted by Crippen LogP contribution is -2.30. The van der Waals surface area contributed by atoms with Gasteiger partial charge in [0, 0.05) is 19.3 Å². The highest BCUT2D eigenvalue weighted by Gasteiger charge is 2.19. The molecule has 81 heavy (non-hydrogen) atoms. The van der Waals surface area contributed by atoms with Gasteiger partial charge in [0.15, 0.2) is 6.10 Å². The number of allylic oxidation sites excluding steroid dienone is 14. The van der Waals surface area contributed by atoms with Crippen molar-refractivity contribution >= 4 is 17.9 Å². The summed E-state index contributed by atoms with van der Waals surface area (Å²) in [4.78, 5) is 38.3. The van der Waals surface area contributed by atoms with Crippen molar-refractivity contribution in [3.05, 3.63) is 85.1 Å². The van der Waals surface area contributed by atoms with Gasteiger partial charge < -0.3 is 14.2 Å². The van der Waals surface area contributed by atoms with E-state index in [-0.39, 0.29) is 31.1 Å². The van der Waals surface area contributed by atoms with Gasteiger partial charge in [-0.3, -0.25) is 14.4 Å². The van der Waals surface area contributed by atoms with Crippen molar-refractivity contribution in [2.24, 2.45) is 0 Å². The lowest BCUT2D eigenvalue weighted by atomic mass is 10.0. The molecule has 0 N–H and O–H groups in total. The van der Waals surface area contributed by atoms with Crippen LogP contribution in [0.25, 0.3) is 0 Å². The van der Waals surface area contributed by atoms with Gasteiger partial charge in [0.2, 0.25) is 0 Å². The summed E-state index contributed by atoms with van der Waals surface area (Å²) in [7, 11) is 0. The van der Waals surface area contributed by atoms with E-state index in [0.717, 1.165) is 103 Å². The lowest BCUT2D eigenvalue weighted by Gasteiger charge is -2.18. The Kier molecular flexibility index (Phi) is 66.2. The summed E-state index contributed by atoms with van der Waals surface area (Å²) in [6.45, 7) is 6.53. The number of hydrogen-bond acceptors (Lipinski definition) is 6. The smallest absolute Gasteiger partial charge is 0.306 e. The van der Waals surface area contributed by atoms with Crippen molar-refractivity contribution in [3.63, 3.8) is 0 Å². The first kappa shape index (κ1) is 77.6. The molecule has 0 bridgehead atoms. The van der Waals surface area contributed by atoms with Gasteiger partial charge in [0.05, 0.1) is 0 Å². The number of carbonyl (C=O) groups is 3. The second-order valence-electron chi connectivity index (χ2n) is 23.4. The molecule has 0 aliphatic heterocycles. The van der Waals surface area contributed by atoms with E-state index < -0.39 is 6.10 Å². The topological polar surface area (TPSA) is 78.9 Å². The normalized spacial score (nSPS) is 12.6. The predicted molar refractivity (Wildman–Crippen MR) is 353 cm³/mol. The molecule has 1 unspecified atom stereocenters. The van der Waals surface area contributed by atoms with E-state index in [2.05, 4.69) is 106 Å². The van der Waals surface area contributed by atoms with E-state index in [0.29, 0.717) is 19.3 Å². The monoisotopic (exact) mass is 1130 g/mol. The van der Waals surface area contributed by atoms with E-state index >= 15 is 0 Å². The average molecular weight is 1130 g/mol. The molecular formula is C75H132O6. The summed E-state index contributed by atoms with van der Waals surface area (Å²) in [5.74, 6) is -0.864. The van der Waals surface area contributed by atoms with Crippen LogP contribution < -0.4 is 0 Å². The molecule has 0 aliphatic rings. The van der Waals surface area contributed by atoms with Gasteiger partial charge in [0.25, 0.3) is 0 Å². The fourth-order valence-corrected chi connectivity index (χ4v) is 10.2. The van der Waals surface area contributed by atoms with Gasteiger partial charge >= 0.3 is 17.9 Å². The van der Waals surface area contributed by atoms with Gasteiger partial charge in [-0.2, -0.15) is 0 Å². The Morgan fingerprint density at radius 2 is 0.481 bits per heavy atom. The molecule has 0 aromatic rings. The maximum Gasteiger partial charge on any atom is 0.306 e. The van der Waals surface area contributed by atoms with Crippen molar-refractivity contribution in [1.82, 2.24) is 0 Å². The van der Waals surface area contributed by atoms with Crippen molar-refractivity contribution in [1.29, 1.82) is 0 Å². The first-order valence-corrected chi connectivity index (χ1v) is 35.1. The third-order valence-corrected chi connectivity index (χ3v) is 15.4. The zero-order chi connectivity index (χ0) is 58.5.